The van der Waals surface area contributed by atoms with Gasteiger partial charge < -0.3 is 10.3 Å². The third kappa shape index (κ3) is 2.02. The molecule has 0 unspecified atom stereocenters. The Kier molecular flexibility index (Phi) is 2.83. The van der Waals surface area contributed by atoms with Gasteiger partial charge in [-0.1, -0.05) is 17.3 Å². The monoisotopic (exact) mass is 274 g/mol. The van der Waals surface area contributed by atoms with Gasteiger partial charge in [-0.05, 0) is 35.6 Å². The number of aromatic nitrogens is 1. The second-order valence-electron chi connectivity index (χ2n) is 4.25. The molecule has 0 radical (unpaired) electrons. The summed E-state index contributed by atoms with van der Waals surface area (Å²) in [4.78, 5) is 0. The molecule has 3 aromatic rings. The highest BCUT2D eigenvalue weighted by molar-refractivity contribution is 7.08. The summed E-state index contributed by atoms with van der Waals surface area (Å²) in [5, 5.41) is 8.07. The molecule has 1 aromatic carbocycles. The lowest BCUT2D eigenvalue weighted by Gasteiger charge is -2.02. The minimum Gasteiger partial charge on any atom is -0.367 e. The number of hydrogen-bond acceptors (Lipinski definition) is 4. The first-order valence-corrected chi connectivity index (χ1v) is 6.65. The number of hydrogen-bond donors (Lipinski definition) is 1. The van der Waals surface area contributed by atoms with Crippen LogP contribution in [0.4, 0.5) is 10.3 Å². The van der Waals surface area contributed by atoms with Gasteiger partial charge in [0.2, 0.25) is 5.88 Å². The third-order valence-electron chi connectivity index (χ3n) is 2.96. The number of aryl methyl sites for hydroxylation is 1. The fraction of sp³-hybridized carbons (Fsp3) is 0.0714. The zero-order chi connectivity index (χ0) is 13.4. The number of nitrogens with two attached hydrogens (primary N) is 1. The number of benzene rings is 1. The Morgan fingerprint density at radius 1 is 1.21 bits per heavy atom. The van der Waals surface area contributed by atoms with Crippen LogP contribution in [0, 0.1) is 12.7 Å². The number of rotatable bonds is 2. The van der Waals surface area contributed by atoms with E-state index in [9.17, 15) is 4.39 Å². The molecule has 0 spiro atoms. The topological polar surface area (TPSA) is 52.0 Å². The summed E-state index contributed by atoms with van der Waals surface area (Å²) in [5.41, 5.74) is 10.2. The van der Waals surface area contributed by atoms with Gasteiger partial charge in [0.1, 0.15) is 11.5 Å². The fourth-order valence-corrected chi connectivity index (χ4v) is 2.82. The van der Waals surface area contributed by atoms with Crippen LogP contribution < -0.4 is 5.73 Å². The third-order valence-corrected chi connectivity index (χ3v) is 3.82. The van der Waals surface area contributed by atoms with Crippen molar-refractivity contribution in [3.8, 4) is 22.4 Å². The van der Waals surface area contributed by atoms with Crippen LogP contribution in [0.3, 0.4) is 0 Å². The van der Waals surface area contributed by atoms with Crippen LogP contribution in [0.1, 0.15) is 5.56 Å². The molecular weight excluding hydrogens is 263 g/mol. The van der Waals surface area contributed by atoms with Crippen molar-refractivity contribution in [3.63, 3.8) is 0 Å². The van der Waals surface area contributed by atoms with Crippen LogP contribution in [-0.4, -0.2) is 5.16 Å². The summed E-state index contributed by atoms with van der Waals surface area (Å²) in [7, 11) is 0. The molecule has 2 aromatic heterocycles. The van der Waals surface area contributed by atoms with Gasteiger partial charge in [-0.25, -0.2) is 4.39 Å². The first-order valence-electron chi connectivity index (χ1n) is 5.71. The van der Waals surface area contributed by atoms with E-state index in [2.05, 4.69) is 5.16 Å². The van der Waals surface area contributed by atoms with E-state index in [-0.39, 0.29) is 11.7 Å². The first kappa shape index (κ1) is 11.9. The van der Waals surface area contributed by atoms with E-state index in [4.69, 9.17) is 10.3 Å². The zero-order valence-electron chi connectivity index (χ0n) is 10.2. The summed E-state index contributed by atoms with van der Waals surface area (Å²) in [6.07, 6.45) is 0. The van der Waals surface area contributed by atoms with Gasteiger partial charge in [0.05, 0.1) is 5.56 Å². The Bertz CT molecular complexity index is 715. The maximum atomic E-state index is 13.0. The van der Waals surface area contributed by atoms with E-state index in [1.54, 1.807) is 23.5 Å². The molecule has 0 amide bonds. The molecule has 96 valence electrons. The highest BCUT2D eigenvalue weighted by Gasteiger charge is 2.19. The van der Waals surface area contributed by atoms with E-state index in [1.165, 1.54) is 12.1 Å². The minimum atomic E-state index is -0.285. The molecule has 19 heavy (non-hydrogen) atoms. The van der Waals surface area contributed by atoms with Gasteiger partial charge in [0, 0.05) is 10.9 Å². The van der Waals surface area contributed by atoms with Crippen LogP contribution in [0.2, 0.25) is 0 Å². The summed E-state index contributed by atoms with van der Waals surface area (Å²) < 4.78 is 18.1. The molecule has 0 saturated carbocycles. The summed E-state index contributed by atoms with van der Waals surface area (Å²) in [6, 6.07) is 6.13. The molecule has 2 heterocycles. The van der Waals surface area contributed by atoms with Gasteiger partial charge in [0.25, 0.3) is 0 Å². The highest BCUT2D eigenvalue weighted by Crippen LogP contribution is 2.38. The predicted octanol–water partition coefficient (Wildman–Crippen LogP) is 4.10. The quantitative estimate of drug-likeness (QED) is 0.765. The molecule has 2 N–H and O–H groups in total. The number of halogens is 1. The Hall–Kier alpha value is -2.14. The highest BCUT2D eigenvalue weighted by atomic mass is 32.1. The average Bonchev–Trinajstić information content (AvgIpc) is 2.97. The molecular formula is C14H11FN2OS. The van der Waals surface area contributed by atoms with E-state index < -0.39 is 0 Å². The molecule has 0 aliphatic carbocycles. The Labute approximate surface area is 113 Å². The summed E-state index contributed by atoms with van der Waals surface area (Å²) in [5.74, 6) is -0.0424. The van der Waals surface area contributed by atoms with Crippen molar-refractivity contribution in [1.29, 1.82) is 0 Å². The van der Waals surface area contributed by atoms with Crippen LogP contribution in [0.15, 0.2) is 39.5 Å². The Morgan fingerprint density at radius 2 is 1.95 bits per heavy atom. The van der Waals surface area contributed by atoms with Gasteiger partial charge in [-0.3, -0.25) is 0 Å². The Morgan fingerprint density at radius 3 is 2.58 bits per heavy atom. The van der Waals surface area contributed by atoms with Gasteiger partial charge in [-0.2, -0.15) is 11.3 Å². The smallest absolute Gasteiger partial charge is 0.230 e. The summed E-state index contributed by atoms with van der Waals surface area (Å²) >= 11 is 1.59. The maximum Gasteiger partial charge on any atom is 0.230 e. The molecule has 0 aliphatic heterocycles. The Balaban J connectivity index is 2.19. The second-order valence-corrected chi connectivity index (χ2v) is 4.99. The number of thiophene rings is 1. The molecule has 0 saturated heterocycles. The molecule has 5 heteroatoms. The molecule has 3 rings (SSSR count). The second kappa shape index (κ2) is 4.51. The van der Waals surface area contributed by atoms with Crippen LogP contribution >= 0.6 is 11.3 Å². The summed E-state index contributed by atoms with van der Waals surface area (Å²) in [6.45, 7) is 2.01. The van der Waals surface area contributed by atoms with Gasteiger partial charge >= 0.3 is 0 Å². The van der Waals surface area contributed by atoms with Crippen LogP contribution in [0.25, 0.3) is 22.4 Å². The predicted molar refractivity (Wildman–Crippen MR) is 74.4 cm³/mol. The SMILES string of the molecule is Cc1cscc1-c1noc(N)c1-c1ccc(F)cc1. The largest absolute Gasteiger partial charge is 0.367 e. The van der Waals surface area contributed by atoms with E-state index >= 15 is 0 Å². The minimum absolute atomic E-state index is 0.243. The standard InChI is InChI=1S/C14H11FN2OS/c1-8-6-19-7-11(8)13-12(14(16)18-17-13)9-2-4-10(15)5-3-9/h2-7H,16H2,1H3. The average molecular weight is 274 g/mol. The van der Waals surface area contributed by atoms with Crippen molar-refractivity contribution in [2.24, 2.45) is 0 Å². The normalized spacial score (nSPS) is 10.8. The van der Waals surface area contributed by atoms with Crippen molar-refractivity contribution in [2.75, 3.05) is 5.73 Å². The van der Waals surface area contributed by atoms with E-state index in [1.807, 2.05) is 17.7 Å². The van der Waals surface area contributed by atoms with Crippen molar-refractivity contribution in [3.05, 3.63) is 46.4 Å². The van der Waals surface area contributed by atoms with Crippen LogP contribution in [-0.2, 0) is 0 Å². The van der Waals surface area contributed by atoms with Crippen molar-refractivity contribution in [2.45, 2.75) is 6.92 Å². The van der Waals surface area contributed by atoms with Gasteiger partial charge in [-0.15, -0.1) is 0 Å². The first-order chi connectivity index (χ1) is 9.16. The molecule has 0 atom stereocenters. The number of nitrogen functional groups attached to an aromatic ring is 1. The van der Waals surface area contributed by atoms with Crippen LogP contribution in [0.5, 0.6) is 0 Å². The van der Waals surface area contributed by atoms with E-state index in [0.717, 1.165) is 16.7 Å². The van der Waals surface area contributed by atoms with Crippen molar-refractivity contribution < 1.29 is 8.91 Å². The molecule has 0 fully saturated rings. The molecule has 0 aliphatic rings. The lowest BCUT2D eigenvalue weighted by atomic mass is 10.0. The van der Waals surface area contributed by atoms with Crippen molar-refractivity contribution >= 4 is 17.2 Å². The number of anilines is 1. The number of nitrogens with zero attached hydrogens (tertiary/aromatic N) is 1. The lowest BCUT2D eigenvalue weighted by molar-refractivity contribution is 0.439. The fourth-order valence-electron chi connectivity index (χ4n) is 1.99. The zero-order valence-corrected chi connectivity index (χ0v) is 11.0. The molecule has 3 nitrogen and oxygen atoms in total. The van der Waals surface area contributed by atoms with Crippen molar-refractivity contribution in [1.82, 2.24) is 5.16 Å². The van der Waals surface area contributed by atoms with Gasteiger partial charge in [0.15, 0.2) is 0 Å². The lowest BCUT2D eigenvalue weighted by Crippen LogP contribution is -1.88. The maximum absolute atomic E-state index is 13.0. The van der Waals surface area contributed by atoms with E-state index in [0.29, 0.717) is 11.3 Å². The molecule has 0 bridgehead atoms.